The molecule has 2 heterocycles. The Bertz CT molecular complexity index is 570. The predicted molar refractivity (Wildman–Crippen MR) is 61.4 cm³/mol. The van der Waals surface area contributed by atoms with Crippen LogP contribution in [0.5, 0.6) is 0 Å². The molecule has 0 aliphatic heterocycles. The normalized spacial score (nSPS) is 10.6. The summed E-state index contributed by atoms with van der Waals surface area (Å²) in [6.07, 6.45) is 4.08. The molecule has 0 amide bonds. The van der Waals surface area contributed by atoms with Crippen molar-refractivity contribution in [2.75, 3.05) is 12.0 Å². The highest BCUT2D eigenvalue weighted by Gasteiger charge is 1.95. The van der Waals surface area contributed by atoms with Crippen LogP contribution in [0, 0.1) is 0 Å². The van der Waals surface area contributed by atoms with Crippen LogP contribution in [0.25, 0.3) is 11.0 Å². The molecule has 2 rings (SSSR count). The molecule has 0 fully saturated rings. The maximum absolute atomic E-state index is 9.19. The number of rotatable bonds is 0. The summed E-state index contributed by atoms with van der Waals surface area (Å²) in [5.41, 5.74) is 7.10. The third-order valence-corrected chi connectivity index (χ3v) is 1.55. The highest BCUT2D eigenvalue weighted by Crippen LogP contribution is 2.14. The van der Waals surface area contributed by atoms with Gasteiger partial charge in [0.2, 0.25) is 0 Å². The second kappa shape index (κ2) is 4.86. The fourth-order valence-electron chi connectivity index (χ4n) is 1.00. The summed E-state index contributed by atoms with van der Waals surface area (Å²) in [5, 5.41) is 0.912. The summed E-state index contributed by atoms with van der Waals surface area (Å²) in [4.78, 5) is 8.10. The molecule has 0 aliphatic carbocycles. The maximum atomic E-state index is 9.19. The van der Waals surface area contributed by atoms with Gasteiger partial charge in [0.1, 0.15) is 0 Å². The first kappa shape index (κ1) is 12.3. The van der Waals surface area contributed by atoms with E-state index in [9.17, 15) is 8.42 Å². The minimum atomic E-state index is -3.67. The molecule has 0 aliphatic rings. The quantitative estimate of drug-likeness (QED) is 0.658. The van der Waals surface area contributed by atoms with Gasteiger partial charge < -0.3 is 5.73 Å². The maximum Gasteiger partial charge on any atom is 0.261 e. The van der Waals surface area contributed by atoms with Gasteiger partial charge >= 0.3 is 0 Å². The van der Waals surface area contributed by atoms with E-state index >= 15 is 0 Å². The summed E-state index contributed by atoms with van der Waals surface area (Å²) < 4.78 is 25.9. The van der Waals surface area contributed by atoms with E-state index in [-0.39, 0.29) is 0 Å². The van der Waals surface area contributed by atoms with E-state index in [1.807, 2.05) is 12.1 Å². The zero-order valence-electron chi connectivity index (χ0n) is 8.53. The Morgan fingerprint density at radius 3 is 2.38 bits per heavy atom. The highest BCUT2D eigenvalue weighted by molar-refractivity contribution is 7.85. The molecule has 6 nitrogen and oxygen atoms in total. The van der Waals surface area contributed by atoms with Crippen LogP contribution in [0.3, 0.4) is 0 Å². The molecule has 0 saturated carbocycles. The number of nitrogens with two attached hydrogens (primary N) is 1. The zero-order chi connectivity index (χ0) is 12.2. The van der Waals surface area contributed by atoms with Crippen molar-refractivity contribution in [2.45, 2.75) is 0 Å². The van der Waals surface area contributed by atoms with Gasteiger partial charge in [-0.05, 0) is 18.2 Å². The SMILES string of the molecule is CS(=O)(=O)O.Nc1ccnc2ncccc12. The molecule has 86 valence electrons. The number of pyridine rings is 2. The molecule has 16 heavy (non-hydrogen) atoms. The lowest BCUT2D eigenvalue weighted by molar-refractivity contribution is 0.490. The highest BCUT2D eigenvalue weighted by atomic mass is 32.2. The van der Waals surface area contributed by atoms with Crippen molar-refractivity contribution in [1.29, 1.82) is 0 Å². The van der Waals surface area contributed by atoms with Crippen LogP contribution in [-0.2, 0) is 10.1 Å². The molecule has 0 spiro atoms. The predicted octanol–water partition coefficient (Wildman–Crippen LogP) is 0.716. The molecule has 0 atom stereocenters. The van der Waals surface area contributed by atoms with Crippen molar-refractivity contribution in [3.63, 3.8) is 0 Å². The number of nitrogen functional groups attached to an aromatic ring is 1. The first-order chi connectivity index (χ1) is 7.38. The summed E-state index contributed by atoms with van der Waals surface area (Å²) in [5.74, 6) is 0. The second-order valence-electron chi connectivity index (χ2n) is 3.01. The summed E-state index contributed by atoms with van der Waals surface area (Å²) >= 11 is 0. The summed E-state index contributed by atoms with van der Waals surface area (Å²) in [6, 6.07) is 5.52. The average molecular weight is 241 g/mol. The van der Waals surface area contributed by atoms with Gasteiger partial charge in [-0.3, -0.25) is 4.55 Å². The van der Waals surface area contributed by atoms with E-state index in [1.54, 1.807) is 18.5 Å². The topological polar surface area (TPSA) is 106 Å². The van der Waals surface area contributed by atoms with Gasteiger partial charge in [-0.15, -0.1) is 0 Å². The zero-order valence-corrected chi connectivity index (χ0v) is 9.35. The van der Waals surface area contributed by atoms with Gasteiger partial charge in [0, 0.05) is 23.5 Å². The molecule has 3 N–H and O–H groups in total. The first-order valence-corrected chi connectivity index (χ1v) is 6.10. The Morgan fingerprint density at radius 2 is 1.81 bits per heavy atom. The van der Waals surface area contributed by atoms with Gasteiger partial charge in [-0.2, -0.15) is 8.42 Å². The number of nitrogens with zero attached hydrogens (tertiary/aromatic N) is 2. The lowest BCUT2D eigenvalue weighted by Gasteiger charge is -1.96. The van der Waals surface area contributed by atoms with E-state index in [0.717, 1.165) is 11.1 Å². The number of hydrogen-bond donors (Lipinski definition) is 2. The molecule has 0 unspecified atom stereocenters. The Balaban J connectivity index is 0.000000221. The smallest absolute Gasteiger partial charge is 0.261 e. The molecule has 0 radical (unpaired) electrons. The fourth-order valence-corrected chi connectivity index (χ4v) is 1.00. The molecular formula is C9H11N3O3S. The molecule has 7 heteroatoms. The molecular weight excluding hydrogens is 230 g/mol. The molecule has 0 aromatic carbocycles. The lowest BCUT2D eigenvalue weighted by Crippen LogP contribution is -1.89. The monoisotopic (exact) mass is 241 g/mol. The summed E-state index contributed by atoms with van der Waals surface area (Å²) in [7, 11) is -3.67. The van der Waals surface area contributed by atoms with Crippen molar-refractivity contribution in [3.8, 4) is 0 Å². The number of hydrogen-bond acceptors (Lipinski definition) is 5. The largest absolute Gasteiger partial charge is 0.398 e. The Labute approximate surface area is 92.9 Å². The third kappa shape index (κ3) is 4.20. The van der Waals surface area contributed by atoms with Gasteiger partial charge in [0.25, 0.3) is 10.1 Å². The molecule has 2 aromatic heterocycles. The van der Waals surface area contributed by atoms with Gasteiger partial charge in [-0.1, -0.05) is 0 Å². The number of fused-ring (bicyclic) bond motifs is 1. The molecule has 0 saturated heterocycles. The van der Waals surface area contributed by atoms with Gasteiger partial charge in [0.15, 0.2) is 5.65 Å². The average Bonchev–Trinajstić information content (AvgIpc) is 2.16. The van der Waals surface area contributed by atoms with Crippen molar-refractivity contribution < 1.29 is 13.0 Å². The van der Waals surface area contributed by atoms with Gasteiger partial charge in [0.05, 0.1) is 6.26 Å². The third-order valence-electron chi connectivity index (χ3n) is 1.55. The minimum absolute atomic E-state index is 0.701. The Hall–Kier alpha value is -1.73. The Kier molecular flexibility index (Phi) is 3.75. The second-order valence-corrected chi connectivity index (χ2v) is 4.47. The van der Waals surface area contributed by atoms with Crippen LogP contribution >= 0.6 is 0 Å². The van der Waals surface area contributed by atoms with E-state index in [0.29, 0.717) is 11.9 Å². The van der Waals surface area contributed by atoms with Crippen molar-refractivity contribution in [1.82, 2.24) is 9.97 Å². The molecule has 2 aromatic rings. The van der Waals surface area contributed by atoms with Crippen molar-refractivity contribution in [3.05, 3.63) is 30.6 Å². The standard InChI is InChI=1S/C8H7N3.CH4O3S/c9-7-3-5-11-8-6(7)2-1-4-10-8;1-5(2,3)4/h1-5H,(H2,9,10,11);1H3,(H,2,3,4). The van der Waals surface area contributed by atoms with Crippen LogP contribution in [0.4, 0.5) is 5.69 Å². The van der Waals surface area contributed by atoms with Crippen LogP contribution in [0.2, 0.25) is 0 Å². The lowest BCUT2D eigenvalue weighted by atomic mass is 10.2. The van der Waals surface area contributed by atoms with E-state index < -0.39 is 10.1 Å². The first-order valence-electron chi connectivity index (χ1n) is 4.25. The Morgan fingerprint density at radius 1 is 1.25 bits per heavy atom. The molecule has 0 bridgehead atoms. The van der Waals surface area contributed by atoms with E-state index in [2.05, 4.69) is 9.97 Å². The fraction of sp³-hybridized carbons (Fsp3) is 0.111. The number of aromatic nitrogens is 2. The van der Waals surface area contributed by atoms with Crippen LogP contribution in [0.15, 0.2) is 30.6 Å². The summed E-state index contributed by atoms with van der Waals surface area (Å²) in [6.45, 7) is 0. The van der Waals surface area contributed by atoms with Crippen LogP contribution in [-0.4, -0.2) is 29.2 Å². The van der Waals surface area contributed by atoms with Crippen LogP contribution in [0.1, 0.15) is 0 Å². The minimum Gasteiger partial charge on any atom is -0.398 e. The van der Waals surface area contributed by atoms with Gasteiger partial charge in [-0.25, -0.2) is 9.97 Å². The van der Waals surface area contributed by atoms with E-state index in [4.69, 9.17) is 10.3 Å². The van der Waals surface area contributed by atoms with Crippen LogP contribution < -0.4 is 5.73 Å². The van der Waals surface area contributed by atoms with Crippen molar-refractivity contribution >= 4 is 26.8 Å². The number of anilines is 1. The van der Waals surface area contributed by atoms with Crippen molar-refractivity contribution in [2.24, 2.45) is 0 Å². The van der Waals surface area contributed by atoms with E-state index in [1.165, 1.54) is 0 Å².